The molecule has 0 aromatic heterocycles. The van der Waals surface area contributed by atoms with Crippen LogP contribution in [0.1, 0.15) is 17.5 Å². The summed E-state index contributed by atoms with van der Waals surface area (Å²) < 4.78 is 0. The molecule has 26 heavy (non-hydrogen) atoms. The summed E-state index contributed by atoms with van der Waals surface area (Å²) in [4.78, 5) is 30.9. The normalized spacial score (nSPS) is 18.4. The van der Waals surface area contributed by atoms with Gasteiger partial charge in [0.15, 0.2) is 5.17 Å². The second kappa shape index (κ2) is 7.74. The molecule has 0 saturated carbocycles. The van der Waals surface area contributed by atoms with Crippen LogP contribution in [0.25, 0.3) is 0 Å². The molecule has 0 bridgehead atoms. The molecular weight excluding hydrogens is 346 g/mol. The van der Waals surface area contributed by atoms with Crippen molar-refractivity contribution in [2.45, 2.75) is 25.5 Å². The smallest absolute Gasteiger partial charge is 0.242 e. The van der Waals surface area contributed by atoms with Gasteiger partial charge in [0.25, 0.3) is 0 Å². The summed E-state index contributed by atoms with van der Waals surface area (Å²) in [5, 5.41) is 2.99. The highest BCUT2D eigenvalue weighted by Crippen LogP contribution is 2.31. The van der Waals surface area contributed by atoms with Crippen molar-refractivity contribution in [2.24, 2.45) is 4.99 Å². The molecule has 3 rings (SSSR count). The molecule has 134 valence electrons. The second-order valence-corrected chi connectivity index (χ2v) is 7.48. The summed E-state index contributed by atoms with van der Waals surface area (Å²) in [5.41, 5.74) is 3.80. The molecular formula is C20H21N3O2S. The van der Waals surface area contributed by atoms with Gasteiger partial charge in [-0.25, -0.2) is 4.99 Å². The molecule has 1 heterocycles. The number of amidine groups is 1. The number of thioether (sulfide) groups is 1. The number of rotatable bonds is 4. The summed E-state index contributed by atoms with van der Waals surface area (Å²) in [5.74, 6) is -0.273. The van der Waals surface area contributed by atoms with Gasteiger partial charge < -0.3 is 5.32 Å². The molecule has 1 saturated heterocycles. The topological polar surface area (TPSA) is 61.8 Å². The van der Waals surface area contributed by atoms with Crippen molar-refractivity contribution in [1.29, 1.82) is 0 Å². The Morgan fingerprint density at radius 2 is 1.92 bits per heavy atom. The van der Waals surface area contributed by atoms with E-state index in [4.69, 9.17) is 0 Å². The fourth-order valence-corrected chi connectivity index (χ4v) is 3.88. The number of aryl methyl sites for hydroxylation is 2. The second-order valence-electron chi connectivity index (χ2n) is 6.31. The Kier molecular flexibility index (Phi) is 5.42. The molecule has 0 radical (unpaired) electrons. The average molecular weight is 367 g/mol. The van der Waals surface area contributed by atoms with Gasteiger partial charge in [0.05, 0.1) is 5.69 Å². The van der Waals surface area contributed by atoms with E-state index in [1.54, 1.807) is 7.05 Å². The third-order valence-electron chi connectivity index (χ3n) is 4.14. The predicted octanol–water partition coefficient (Wildman–Crippen LogP) is 3.89. The van der Waals surface area contributed by atoms with Crippen molar-refractivity contribution >= 4 is 40.1 Å². The van der Waals surface area contributed by atoms with Gasteiger partial charge in [-0.15, -0.1) is 0 Å². The van der Waals surface area contributed by atoms with Gasteiger partial charge in [-0.2, -0.15) is 0 Å². The van der Waals surface area contributed by atoms with E-state index in [9.17, 15) is 9.59 Å². The van der Waals surface area contributed by atoms with E-state index >= 15 is 0 Å². The molecule has 1 aliphatic heterocycles. The molecule has 0 spiro atoms. The number of benzene rings is 2. The minimum atomic E-state index is -0.451. The van der Waals surface area contributed by atoms with E-state index in [1.165, 1.54) is 22.2 Å². The third kappa shape index (κ3) is 4.14. The Hall–Kier alpha value is -2.60. The van der Waals surface area contributed by atoms with E-state index in [0.717, 1.165) is 16.9 Å². The van der Waals surface area contributed by atoms with Gasteiger partial charge in [0.1, 0.15) is 5.25 Å². The summed E-state index contributed by atoms with van der Waals surface area (Å²) in [6.07, 6.45) is 0.120. The zero-order valence-electron chi connectivity index (χ0n) is 15.0. The summed E-state index contributed by atoms with van der Waals surface area (Å²) in [6.45, 7) is 4.03. The molecule has 2 amide bonds. The minimum absolute atomic E-state index is 0.0956. The quantitative estimate of drug-likeness (QED) is 0.892. The highest BCUT2D eigenvalue weighted by Gasteiger charge is 2.37. The fraction of sp³-hybridized carbons (Fsp3) is 0.250. The van der Waals surface area contributed by atoms with Crippen LogP contribution in [0, 0.1) is 13.8 Å². The van der Waals surface area contributed by atoms with Gasteiger partial charge in [-0.05, 0) is 37.6 Å². The van der Waals surface area contributed by atoms with Crippen LogP contribution in [0.3, 0.4) is 0 Å². The van der Waals surface area contributed by atoms with Gasteiger partial charge >= 0.3 is 0 Å². The molecule has 1 fully saturated rings. The number of nitrogens with one attached hydrogen (secondary N) is 1. The number of aliphatic imine (C=N–C) groups is 1. The van der Waals surface area contributed by atoms with Gasteiger partial charge in [-0.3, -0.25) is 14.5 Å². The summed E-state index contributed by atoms with van der Waals surface area (Å²) in [6, 6.07) is 15.2. The molecule has 0 aliphatic carbocycles. The first-order chi connectivity index (χ1) is 12.4. The minimum Gasteiger partial charge on any atom is -0.326 e. The van der Waals surface area contributed by atoms with Gasteiger partial charge in [-0.1, -0.05) is 47.7 Å². The third-order valence-corrected chi connectivity index (χ3v) is 5.37. The standard InChI is InChI=1S/C20H21N3O2S/c1-13-9-10-16(14(2)11-13)22-20-23(3)19(25)17(26-20)12-18(24)21-15-7-5-4-6-8-15/h4-11,17H,12H2,1-3H3,(H,21,24). The Morgan fingerprint density at radius 3 is 2.62 bits per heavy atom. The van der Waals surface area contributed by atoms with E-state index in [0.29, 0.717) is 5.17 Å². The van der Waals surface area contributed by atoms with Crippen molar-refractivity contribution < 1.29 is 9.59 Å². The number of carbonyl (C=O) groups excluding carboxylic acids is 2. The fourth-order valence-electron chi connectivity index (χ4n) is 2.73. The average Bonchev–Trinajstić information content (AvgIpc) is 2.86. The van der Waals surface area contributed by atoms with Crippen LogP contribution < -0.4 is 5.32 Å². The van der Waals surface area contributed by atoms with E-state index < -0.39 is 5.25 Å². The Balaban J connectivity index is 1.70. The van der Waals surface area contributed by atoms with Gasteiger partial charge in [0.2, 0.25) is 11.8 Å². The number of hydrogen-bond donors (Lipinski definition) is 1. The first-order valence-corrected chi connectivity index (χ1v) is 9.27. The molecule has 6 heteroatoms. The van der Waals surface area contributed by atoms with Crippen molar-refractivity contribution in [1.82, 2.24) is 4.90 Å². The van der Waals surface area contributed by atoms with Crippen molar-refractivity contribution in [3.8, 4) is 0 Å². The lowest BCUT2D eigenvalue weighted by molar-refractivity contribution is -0.127. The first-order valence-electron chi connectivity index (χ1n) is 8.39. The van der Waals surface area contributed by atoms with Crippen molar-refractivity contribution in [3.05, 3.63) is 59.7 Å². The number of nitrogens with zero attached hydrogens (tertiary/aromatic N) is 2. The highest BCUT2D eigenvalue weighted by molar-refractivity contribution is 8.15. The number of carbonyl (C=O) groups is 2. The van der Waals surface area contributed by atoms with Crippen LogP contribution in [0.2, 0.25) is 0 Å². The van der Waals surface area contributed by atoms with E-state index in [2.05, 4.69) is 16.4 Å². The molecule has 1 unspecified atom stereocenters. The SMILES string of the molecule is Cc1ccc(N=C2SC(CC(=O)Nc3ccccc3)C(=O)N2C)c(C)c1. The van der Waals surface area contributed by atoms with Crippen molar-refractivity contribution in [2.75, 3.05) is 12.4 Å². The Bertz CT molecular complexity index is 865. The Labute approximate surface area is 157 Å². The number of para-hydroxylation sites is 1. The molecule has 2 aromatic carbocycles. The lowest BCUT2D eigenvalue weighted by Gasteiger charge is -2.10. The molecule has 1 aliphatic rings. The van der Waals surface area contributed by atoms with Crippen molar-refractivity contribution in [3.63, 3.8) is 0 Å². The molecule has 1 N–H and O–H groups in total. The predicted molar refractivity (Wildman–Crippen MR) is 107 cm³/mol. The highest BCUT2D eigenvalue weighted by atomic mass is 32.2. The molecule has 1 atom stereocenters. The van der Waals surface area contributed by atoms with Crippen LogP contribution in [0.4, 0.5) is 11.4 Å². The lowest BCUT2D eigenvalue weighted by Crippen LogP contribution is -2.30. The monoisotopic (exact) mass is 367 g/mol. The molecule has 2 aromatic rings. The summed E-state index contributed by atoms with van der Waals surface area (Å²) in [7, 11) is 1.70. The molecule has 5 nitrogen and oxygen atoms in total. The van der Waals surface area contributed by atoms with Crippen LogP contribution in [-0.2, 0) is 9.59 Å². The van der Waals surface area contributed by atoms with Crippen LogP contribution in [0.15, 0.2) is 53.5 Å². The number of hydrogen-bond acceptors (Lipinski definition) is 4. The zero-order valence-corrected chi connectivity index (χ0v) is 15.8. The largest absolute Gasteiger partial charge is 0.326 e. The maximum atomic E-state index is 12.5. The number of anilines is 1. The maximum Gasteiger partial charge on any atom is 0.242 e. The number of amides is 2. The first kappa shape index (κ1) is 18.2. The van der Waals surface area contributed by atoms with E-state index in [1.807, 2.05) is 56.3 Å². The van der Waals surface area contributed by atoms with Crippen LogP contribution >= 0.6 is 11.8 Å². The van der Waals surface area contributed by atoms with Gasteiger partial charge in [0, 0.05) is 19.2 Å². The lowest BCUT2D eigenvalue weighted by atomic mass is 10.1. The van der Waals surface area contributed by atoms with E-state index in [-0.39, 0.29) is 18.2 Å². The van der Waals surface area contributed by atoms with Crippen LogP contribution in [-0.4, -0.2) is 34.2 Å². The van der Waals surface area contributed by atoms with Crippen LogP contribution in [0.5, 0.6) is 0 Å². The Morgan fingerprint density at radius 1 is 1.19 bits per heavy atom. The zero-order chi connectivity index (χ0) is 18.7. The summed E-state index contributed by atoms with van der Waals surface area (Å²) >= 11 is 1.34. The maximum absolute atomic E-state index is 12.5.